The number of hydrogen-bond acceptors (Lipinski definition) is 3. The number of anilines is 1. The average Bonchev–Trinajstić information content (AvgIpc) is 3.21. The number of rotatable bonds is 4. The maximum absolute atomic E-state index is 14.7. The first-order valence-electron chi connectivity index (χ1n) is 9.59. The molecule has 146 valence electrons. The summed E-state index contributed by atoms with van der Waals surface area (Å²) < 4.78 is 19.7. The maximum atomic E-state index is 14.7. The summed E-state index contributed by atoms with van der Waals surface area (Å²) in [6, 6.07) is 11.9. The fraction of sp³-hybridized carbons (Fsp3) is 0.364. The molecule has 1 spiro atoms. The predicted molar refractivity (Wildman–Crippen MR) is 104 cm³/mol. The molecule has 0 aliphatic carbocycles. The lowest BCUT2D eigenvalue weighted by atomic mass is 9.73. The molecule has 0 aromatic heterocycles. The Hall–Kier alpha value is -2.89. The summed E-state index contributed by atoms with van der Waals surface area (Å²) >= 11 is 0. The molecular formula is C22H23FN2O3. The fourth-order valence-electron chi connectivity index (χ4n) is 4.71. The summed E-state index contributed by atoms with van der Waals surface area (Å²) in [5.41, 5.74) is 0.928. The van der Waals surface area contributed by atoms with E-state index in [1.54, 1.807) is 11.0 Å². The largest absolute Gasteiger partial charge is 0.494 e. The third-order valence-electron chi connectivity index (χ3n) is 5.99. The SMILES string of the molecule is CCC[C@@H]1N(C(=O)c2cccc(OC)c2F)CC[C@]12C(=O)Nc1ccccc12. The van der Waals surface area contributed by atoms with Crippen molar-refractivity contribution in [2.45, 2.75) is 37.6 Å². The second kappa shape index (κ2) is 6.93. The number of benzene rings is 2. The normalized spacial score (nSPS) is 23.0. The Morgan fingerprint density at radius 3 is 2.82 bits per heavy atom. The third-order valence-corrected chi connectivity index (χ3v) is 5.99. The summed E-state index contributed by atoms with van der Waals surface area (Å²) in [5.74, 6) is -1.10. The molecule has 5 nitrogen and oxygen atoms in total. The van der Waals surface area contributed by atoms with E-state index in [2.05, 4.69) is 5.32 Å². The van der Waals surface area contributed by atoms with Gasteiger partial charge in [0.05, 0.1) is 24.1 Å². The van der Waals surface area contributed by atoms with Gasteiger partial charge in [0.1, 0.15) is 0 Å². The van der Waals surface area contributed by atoms with Crippen molar-refractivity contribution in [2.24, 2.45) is 0 Å². The number of ether oxygens (including phenoxy) is 1. The molecule has 2 atom stereocenters. The van der Waals surface area contributed by atoms with E-state index in [1.165, 1.54) is 19.2 Å². The number of carbonyl (C=O) groups excluding carboxylic acids is 2. The van der Waals surface area contributed by atoms with Gasteiger partial charge >= 0.3 is 0 Å². The van der Waals surface area contributed by atoms with Crippen molar-refractivity contribution in [3.63, 3.8) is 0 Å². The van der Waals surface area contributed by atoms with Gasteiger partial charge in [-0.3, -0.25) is 9.59 Å². The number of nitrogens with zero attached hydrogens (tertiary/aromatic N) is 1. The standard InChI is InChI=1S/C22H23FN2O3/c1-3-7-18-22(15-9-4-5-10-16(15)24-21(22)27)12-13-25(18)20(26)14-8-6-11-17(28-2)19(14)23/h4-6,8-11,18H,3,7,12-13H2,1-2H3,(H,24,27)/t18-,22+/m0/s1. The lowest BCUT2D eigenvalue weighted by Gasteiger charge is -2.34. The Bertz CT molecular complexity index is 945. The van der Waals surface area contributed by atoms with Gasteiger partial charge in [0.15, 0.2) is 11.6 Å². The number of carbonyl (C=O) groups is 2. The molecule has 1 fully saturated rings. The van der Waals surface area contributed by atoms with Gasteiger partial charge in [0.2, 0.25) is 5.91 Å². The van der Waals surface area contributed by atoms with Crippen molar-refractivity contribution in [3.05, 3.63) is 59.4 Å². The average molecular weight is 382 g/mol. The molecule has 0 saturated carbocycles. The van der Waals surface area contributed by atoms with Crippen LogP contribution < -0.4 is 10.1 Å². The lowest BCUT2D eigenvalue weighted by Crippen LogP contribution is -2.48. The van der Waals surface area contributed by atoms with E-state index in [-0.39, 0.29) is 23.3 Å². The number of fused-ring (bicyclic) bond motifs is 2. The van der Waals surface area contributed by atoms with Crippen LogP contribution in [0.15, 0.2) is 42.5 Å². The van der Waals surface area contributed by atoms with E-state index in [1.807, 2.05) is 31.2 Å². The van der Waals surface area contributed by atoms with Gasteiger partial charge in [-0.1, -0.05) is 37.6 Å². The monoisotopic (exact) mass is 382 g/mol. The molecule has 1 saturated heterocycles. The molecule has 2 aliphatic rings. The highest BCUT2D eigenvalue weighted by atomic mass is 19.1. The molecule has 1 N–H and O–H groups in total. The fourth-order valence-corrected chi connectivity index (χ4v) is 4.71. The Morgan fingerprint density at radius 1 is 1.29 bits per heavy atom. The van der Waals surface area contributed by atoms with Crippen LogP contribution in [0.25, 0.3) is 0 Å². The van der Waals surface area contributed by atoms with Gasteiger partial charge in [-0.05, 0) is 36.6 Å². The highest BCUT2D eigenvalue weighted by Gasteiger charge is 2.58. The van der Waals surface area contributed by atoms with E-state index >= 15 is 0 Å². The number of amides is 2. The predicted octanol–water partition coefficient (Wildman–Crippen LogP) is 3.74. The number of para-hydroxylation sites is 1. The van der Waals surface area contributed by atoms with Crippen LogP contribution in [0.4, 0.5) is 10.1 Å². The first kappa shape index (κ1) is 18.5. The smallest absolute Gasteiger partial charge is 0.257 e. The molecule has 2 aromatic rings. The Kier molecular flexibility index (Phi) is 4.57. The Balaban J connectivity index is 1.76. The van der Waals surface area contributed by atoms with Crippen molar-refractivity contribution in [3.8, 4) is 5.75 Å². The van der Waals surface area contributed by atoms with Crippen LogP contribution >= 0.6 is 0 Å². The number of methoxy groups -OCH3 is 1. The van der Waals surface area contributed by atoms with Crippen LogP contribution in [0.5, 0.6) is 5.75 Å². The maximum Gasteiger partial charge on any atom is 0.257 e. The Labute approximate surface area is 163 Å². The molecule has 6 heteroatoms. The number of nitrogens with one attached hydrogen (secondary N) is 1. The molecule has 0 radical (unpaired) electrons. The summed E-state index contributed by atoms with van der Waals surface area (Å²) in [6.45, 7) is 2.43. The molecule has 2 amide bonds. The molecule has 28 heavy (non-hydrogen) atoms. The van der Waals surface area contributed by atoms with Crippen LogP contribution in [0, 0.1) is 5.82 Å². The van der Waals surface area contributed by atoms with Crippen molar-refractivity contribution < 1.29 is 18.7 Å². The number of likely N-dealkylation sites (tertiary alicyclic amines) is 1. The number of hydrogen-bond donors (Lipinski definition) is 1. The molecule has 2 aliphatic heterocycles. The van der Waals surface area contributed by atoms with E-state index in [4.69, 9.17) is 4.74 Å². The van der Waals surface area contributed by atoms with Crippen LogP contribution in [0.2, 0.25) is 0 Å². The van der Waals surface area contributed by atoms with Crippen LogP contribution in [0.1, 0.15) is 42.1 Å². The number of halogens is 1. The zero-order valence-electron chi connectivity index (χ0n) is 16.0. The highest BCUT2D eigenvalue weighted by molar-refractivity contribution is 6.08. The van der Waals surface area contributed by atoms with E-state index < -0.39 is 17.1 Å². The van der Waals surface area contributed by atoms with Gasteiger partial charge in [-0.2, -0.15) is 0 Å². The molecule has 2 aromatic carbocycles. The topological polar surface area (TPSA) is 58.6 Å². The molecule has 0 bridgehead atoms. The molecule has 0 unspecified atom stereocenters. The summed E-state index contributed by atoms with van der Waals surface area (Å²) in [4.78, 5) is 28.0. The first-order valence-corrected chi connectivity index (χ1v) is 9.59. The first-order chi connectivity index (χ1) is 13.5. The van der Waals surface area contributed by atoms with Crippen molar-refractivity contribution in [1.29, 1.82) is 0 Å². The van der Waals surface area contributed by atoms with Gasteiger partial charge in [0, 0.05) is 12.2 Å². The van der Waals surface area contributed by atoms with Crippen molar-refractivity contribution in [2.75, 3.05) is 19.0 Å². The van der Waals surface area contributed by atoms with Crippen LogP contribution in [-0.4, -0.2) is 36.4 Å². The minimum atomic E-state index is -0.780. The molecule has 4 rings (SSSR count). The summed E-state index contributed by atoms with van der Waals surface area (Å²) in [5, 5.41) is 2.98. The van der Waals surface area contributed by atoms with Crippen LogP contribution in [-0.2, 0) is 10.2 Å². The van der Waals surface area contributed by atoms with Gasteiger partial charge < -0.3 is 15.0 Å². The second-order valence-corrected chi connectivity index (χ2v) is 7.35. The van der Waals surface area contributed by atoms with Crippen molar-refractivity contribution >= 4 is 17.5 Å². The van der Waals surface area contributed by atoms with Crippen LogP contribution in [0.3, 0.4) is 0 Å². The third kappa shape index (κ3) is 2.51. The van der Waals surface area contributed by atoms with Crippen molar-refractivity contribution in [1.82, 2.24) is 4.90 Å². The summed E-state index contributed by atoms with van der Waals surface area (Å²) in [7, 11) is 1.37. The Morgan fingerprint density at radius 2 is 2.07 bits per heavy atom. The minimum absolute atomic E-state index is 0.0239. The van der Waals surface area contributed by atoms with Gasteiger partial charge in [-0.25, -0.2) is 4.39 Å². The zero-order valence-corrected chi connectivity index (χ0v) is 16.0. The molecule has 2 heterocycles. The second-order valence-electron chi connectivity index (χ2n) is 7.35. The van der Waals surface area contributed by atoms with E-state index in [0.717, 1.165) is 17.7 Å². The lowest BCUT2D eigenvalue weighted by molar-refractivity contribution is -0.121. The molecular weight excluding hydrogens is 359 g/mol. The minimum Gasteiger partial charge on any atom is -0.494 e. The quantitative estimate of drug-likeness (QED) is 0.876. The van der Waals surface area contributed by atoms with Gasteiger partial charge in [0.25, 0.3) is 5.91 Å². The van der Waals surface area contributed by atoms with E-state index in [9.17, 15) is 14.0 Å². The van der Waals surface area contributed by atoms with Gasteiger partial charge in [-0.15, -0.1) is 0 Å². The highest BCUT2D eigenvalue weighted by Crippen LogP contribution is 2.49. The van der Waals surface area contributed by atoms with E-state index in [0.29, 0.717) is 19.4 Å². The zero-order chi connectivity index (χ0) is 19.9. The summed E-state index contributed by atoms with van der Waals surface area (Å²) in [6.07, 6.45) is 2.00.